The lowest BCUT2D eigenvalue weighted by Gasteiger charge is -2.36. The Morgan fingerprint density at radius 1 is 0.283 bits per heavy atom. The molecular weight excluding hydrogens is 769 g/mol. The lowest BCUT2D eigenvalue weighted by atomic mass is 10.0. The number of carbonyl (C=O) groups excluding carboxylic acids is 6. The summed E-state index contributed by atoms with van der Waals surface area (Å²) in [5.41, 5.74) is 0. The van der Waals surface area contributed by atoms with Gasteiger partial charge in [0.1, 0.15) is 13.2 Å². The van der Waals surface area contributed by atoms with E-state index < -0.39 is 73.4 Å². The van der Waals surface area contributed by atoms with Gasteiger partial charge in [0, 0.05) is 38.5 Å². The van der Waals surface area contributed by atoms with E-state index in [9.17, 15) is 28.8 Å². The van der Waals surface area contributed by atoms with Crippen molar-refractivity contribution in [3.8, 4) is 0 Å². The van der Waals surface area contributed by atoms with Crippen LogP contribution in [-0.4, -0.2) is 73.4 Å². The molecule has 12 heteroatoms. The average Bonchev–Trinajstić information content (AvgIpc) is 3.23. The second-order valence-corrected chi connectivity index (χ2v) is 16.2. The van der Waals surface area contributed by atoms with Crippen molar-refractivity contribution in [2.75, 3.05) is 13.2 Å². The summed E-state index contributed by atoms with van der Waals surface area (Å²) in [6, 6.07) is 0. The monoisotopic (exact) mass is 855 g/mol. The Kier molecular flexibility index (Phi) is 37.8. The van der Waals surface area contributed by atoms with Gasteiger partial charge in [-0.05, 0) is 38.5 Å². The van der Waals surface area contributed by atoms with Crippen LogP contribution < -0.4 is 0 Å². The van der Waals surface area contributed by atoms with Gasteiger partial charge in [0.2, 0.25) is 0 Å². The standard InChI is InChI=1S/C48H86O12/c1-7-13-19-25-31-41(49)55-37-39(57-43(51)33-27-21-15-9-3)47(59-45(53)35-29-23-17-11-5)48(60-46(54)36-30-24-18-12-6)40(58-44(52)34-28-22-16-10-4)38-56-42(50)32-26-20-14-8-2/h39-40,47-48H,7-38H2,1-6H3/t39-,40+,47-,48-/m1/s1. The highest BCUT2D eigenvalue weighted by molar-refractivity contribution is 5.73. The Morgan fingerprint density at radius 3 is 0.733 bits per heavy atom. The van der Waals surface area contributed by atoms with Gasteiger partial charge in [0.25, 0.3) is 0 Å². The van der Waals surface area contributed by atoms with Gasteiger partial charge in [-0.2, -0.15) is 0 Å². The molecule has 0 saturated carbocycles. The maximum absolute atomic E-state index is 13.7. The van der Waals surface area contributed by atoms with E-state index in [0.717, 1.165) is 116 Å². The molecule has 0 spiro atoms. The van der Waals surface area contributed by atoms with Crippen LogP contribution in [0.2, 0.25) is 0 Å². The minimum absolute atomic E-state index is 0.0255. The first-order valence-electron chi connectivity index (χ1n) is 24.2. The van der Waals surface area contributed by atoms with E-state index in [1.165, 1.54) is 0 Å². The summed E-state index contributed by atoms with van der Waals surface area (Å²) < 4.78 is 35.8. The minimum atomic E-state index is -1.57. The number of unbranched alkanes of at least 4 members (excludes halogenated alkanes) is 18. The molecule has 4 atom stereocenters. The van der Waals surface area contributed by atoms with E-state index in [1.807, 2.05) is 0 Å². The third-order valence-corrected chi connectivity index (χ3v) is 10.4. The Morgan fingerprint density at radius 2 is 0.500 bits per heavy atom. The Balaban J connectivity index is 7.21. The first-order chi connectivity index (χ1) is 29.1. The van der Waals surface area contributed by atoms with E-state index in [0.29, 0.717) is 38.5 Å². The smallest absolute Gasteiger partial charge is 0.306 e. The van der Waals surface area contributed by atoms with Crippen LogP contribution in [-0.2, 0) is 57.2 Å². The van der Waals surface area contributed by atoms with Crippen LogP contribution in [0.15, 0.2) is 0 Å². The highest BCUT2D eigenvalue weighted by Crippen LogP contribution is 2.24. The van der Waals surface area contributed by atoms with Crippen molar-refractivity contribution in [1.82, 2.24) is 0 Å². The summed E-state index contributed by atoms with van der Waals surface area (Å²) in [6.07, 6.45) is 14.2. The summed E-state index contributed by atoms with van der Waals surface area (Å²) in [5, 5.41) is 0. The molecule has 0 aliphatic rings. The van der Waals surface area contributed by atoms with Crippen LogP contribution in [0.3, 0.4) is 0 Å². The second kappa shape index (κ2) is 39.9. The molecule has 60 heavy (non-hydrogen) atoms. The first kappa shape index (κ1) is 56.8. The van der Waals surface area contributed by atoms with Gasteiger partial charge in [0.05, 0.1) is 0 Å². The van der Waals surface area contributed by atoms with Crippen LogP contribution in [0.4, 0.5) is 0 Å². The molecule has 350 valence electrons. The van der Waals surface area contributed by atoms with E-state index in [1.54, 1.807) is 0 Å². The zero-order valence-corrected chi connectivity index (χ0v) is 38.8. The Labute approximate surface area is 364 Å². The maximum atomic E-state index is 13.7. The van der Waals surface area contributed by atoms with Crippen molar-refractivity contribution >= 4 is 35.8 Å². The van der Waals surface area contributed by atoms with Crippen LogP contribution in [0.1, 0.15) is 234 Å². The van der Waals surface area contributed by atoms with E-state index in [4.69, 9.17) is 28.4 Å². The topological polar surface area (TPSA) is 158 Å². The Hall–Kier alpha value is -3.18. The average molecular weight is 855 g/mol. The van der Waals surface area contributed by atoms with E-state index in [2.05, 4.69) is 41.5 Å². The molecular formula is C48H86O12. The maximum Gasteiger partial charge on any atom is 0.306 e. The zero-order valence-electron chi connectivity index (χ0n) is 38.8. The number of ether oxygens (including phenoxy) is 6. The van der Waals surface area contributed by atoms with E-state index in [-0.39, 0.29) is 38.5 Å². The molecule has 0 aromatic heterocycles. The van der Waals surface area contributed by atoms with Crippen molar-refractivity contribution in [3.05, 3.63) is 0 Å². The molecule has 0 N–H and O–H groups in total. The molecule has 0 aliphatic carbocycles. The lowest BCUT2D eigenvalue weighted by molar-refractivity contribution is -0.209. The normalized spacial score (nSPS) is 13.1. The highest BCUT2D eigenvalue weighted by atomic mass is 16.6. The van der Waals surface area contributed by atoms with Crippen LogP contribution >= 0.6 is 0 Å². The molecule has 0 bridgehead atoms. The summed E-state index contributed by atoms with van der Waals surface area (Å²) in [4.78, 5) is 80.5. The number of carbonyl (C=O) groups is 6. The Bertz CT molecular complexity index is 1040. The molecule has 0 heterocycles. The first-order valence-corrected chi connectivity index (χ1v) is 24.2. The summed E-state index contributed by atoms with van der Waals surface area (Å²) in [6.45, 7) is 11.4. The number of hydrogen-bond donors (Lipinski definition) is 0. The molecule has 0 saturated heterocycles. The zero-order chi connectivity index (χ0) is 44.6. The fraction of sp³-hybridized carbons (Fsp3) is 0.875. The van der Waals surface area contributed by atoms with Gasteiger partial charge >= 0.3 is 35.8 Å². The minimum Gasteiger partial charge on any atom is -0.462 e. The molecule has 0 aliphatic heterocycles. The molecule has 0 radical (unpaired) electrons. The van der Waals surface area contributed by atoms with Crippen molar-refractivity contribution in [2.24, 2.45) is 0 Å². The molecule has 0 aromatic carbocycles. The number of esters is 6. The van der Waals surface area contributed by atoms with Gasteiger partial charge in [0.15, 0.2) is 24.4 Å². The molecule has 0 unspecified atom stereocenters. The van der Waals surface area contributed by atoms with Crippen molar-refractivity contribution in [1.29, 1.82) is 0 Å². The van der Waals surface area contributed by atoms with Crippen molar-refractivity contribution < 1.29 is 57.2 Å². The quantitative estimate of drug-likeness (QED) is 0.0326. The third kappa shape index (κ3) is 31.7. The number of hydrogen-bond acceptors (Lipinski definition) is 12. The summed E-state index contributed by atoms with van der Waals surface area (Å²) in [7, 11) is 0. The third-order valence-electron chi connectivity index (χ3n) is 10.4. The molecule has 0 fully saturated rings. The molecule has 0 rings (SSSR count). The predicted octanol–water partition coefficient (Wildman–Crippen LogP) is 11.5. The lowest BCUT2D eigenvalue weighted by Crippen LogP contribution is -2.54. The van der Waals surface area contributed by atoms with Crippen molar-refractivity contribution in [3.63, 3.8) is 0 Å². The second-order valence-electron chi connectivity index (χ2n) is 16.2. The van der Waals surface area contributed by atoms with Gasteiger partial charge < -0.3 is 28.4 Å². The fourth-order valence-corrected chi connectivity index (χ4v) is 6.65. The number of rotatable bonds is 41. The summed E-state index contributed by atoms with van der Waals surface area (Å²) >= 11 is 0. The van der Waals surface area contributed by atoms with Gasteiger partial charge in [-0.15, -0.1) is 0 Å². The van der Waals surface area contributed by atoms with Gasteiger partial charge in [-0.3, -0.25) is 28.8 Å². The predicted molar refractivity (Wildman–Crippen MR) is 234 cm³/mol. The summed E-state index contributed by atoms with van der Waals surface area (Å²) in [5.74, 6) is -3.54. The largest absolute Gasteiger partial charge is 0.462 e. The SMILES string of the molecule is CCCCCCC(=O)OC[C@H](OC(=O)CCCCCC)[C@@H](OC(=O)CCCCCC)[C@H](OC(=O)CCCCCC)[C@@H](COC(=O)CCCCCC)OC(=O)CCCCCC. The van der Waals surface area contributed by atoms with Crippen LogP contribution in [0.5, 0.6) is 0 Å². The van der Waals surface area contributed by atoms with E-state index >= 15 is 0 Å². The molecule has 0 amide bonds. The highest BCUT2D eigenvalue weighted by Gasteiger charge is 2.45. The molecule has 0 aromatic rings. The van der Waals surface area contributed by atoms with Crippen LogP contribution in [0, 0.1) is 0 Å². The molecule has 12 nitrogen and oxygen atoms in total. The fourth-order valence-electron chi connectivity index (χ4n) is 6.65. The van der Waals surface area contributed by atoms with Crippen molar-refractivity contribution in [2.45, 2.75) is 259 Å². The van der Waals surface area contributed by atoms with Crippen LogP contribution in [0.25, 0.3) is 0 Å². The van der Waals surface area contributed by atoms with Gasteiger partial charge in [-0.1, -0.05) is 157 Å². The van der Waals surface area contributed by atoms with Gasteiger partial charge in [-0.25, -0.2) is 0 Å².